The van der Waals surface area contributed by atoms with E-state index >= 15 is 0 Å². The van der Waals surface area contributed by atoms with Gasteiger partial charge in [0.1, 0.15) is 29.9 Å². The van der Waals surface area contributed by atoms with E-state index in [1.165, 1.54) is 16.7 Å². The number of β-lactam (4-membered cyclic amide) rings is 1. The molecule has 6 aliphatic rings. The highest BCUT2D eigenvalue weighted by atomic mass is 32.2. The third-order valence-corrected chi connectivity index (χ3v) is 16.2. The average molecular weight is 828 g/mol. The quantitative estimate of drug-likeness (QED) is 0.0267. The second-order valence-electron chi connectivity index (χ2n) is 17.9. The van der Waals surface area contributed by atoms with Crippen LogP contribution in [-0.2, 0) is 23.9 Å². The molecule has 4 amide bonds. The highest BCUT2D eigenvalue weighted by Crippen LogP contribution is 2.68. The lowest BCUT2D eigenvalue weighted by molar-refractivity contribution is -0.207. The predicted octanol–water partition coefficient (Wildman–Crippen LogP) is 3.56. The molecule has 0 radical (unpaired) electrons. The summed E-state index contributed by atoms with van der Waals surface area (Å²) in [6.07, 6.45) is 8.80. The Morgan fingerprint density at radius 1 is 1.10 bits per heavy atom. The molecule has 2 aliphatic heterocycles. The van der Waals surface area contributed by atoms with Crippen LogP contribution in [0.5, 0.6) is 0 Å². The average Bonchev–Trinajstić information content (AvgIpc) is 3.54. The van der Waals surface area contributed by atoms with Crippen molar-refractivity contribution in [2.24, 2.45) is 51.5 Å². The van der Waals surface area contributed by atoms with Crippen LogP contribution in [-0.4, -0.2) is 112 Å². The fourth-order valence-corrected chi connectivity index (χ4v) is 13.1. The lowest BCUT2D eigenvalue weighted by Crippen LogP contribution is -2.71. The van der Waals surface area contributed by atoms with Crippen molar-refractivity contribution in [1.82, 2.24) is 20.9 Å². The van der Waals surface area contributed by atoms with E-state index < -0.39 is 47.7 Å². The van der Waals surface area contributed by atoms with Gasteiger partial charge in [-0.15, -0.1) is 24.1 Å². The van der Waals surface area contributed by atoms with Gasteiger partial charge in [0.2, 0.25) is 5.91 Å². The second kappa shape index (κ2) is 18.4. The van der Waals surface area contributed by atoms with Crippen molar-refractivity contribution in [3.63, 3.8) is 0 Å². The lowest BCUT2D eigenvalue weighted by Gasteiger charge is -2.63. The summed E-state index contributed by atoms with van der Waals surface area (Å²) in [4.78, 5) is 56.9. The number of hydrogen-bond acceptors (Lipinski definition) is 11. The van der Waals surface area contributed by atoms with Gasteiger partial charge in [0.15, 0.2) is 0 Å². The topological polar surface area (TPSA) is 236 Å². The van der Waals surface area contributed by atoms with E-state index in [-0.39, 0.29) is 103 Å². The van der Waals surface area contributed by atoms with E-state index in [2.05, 4.69) is 52.7 Å². The Morgan fingerprint density at radius 2 is 1.88 bits per heavy atom. The number of nitrogens with zero attached hydrogens (tertiary/aromatic N) is 4. The number of azide groups is 1. The highest BCUT2D eigenvalue weighted by Gasteiger charge is 2.65. The molecule has 0 aromatic rings. The van der Waals surface area contributed by atoms with Gasteiger partial charge < -0.3 is 40.7 Å². The minimum absolute atomic E-state index is 0.00299. The van der Waals surface area contributed by atoms with Crippen molar-refractivity contribution >= 4 is 35.6 Å². The van der Waals surface area contributed by atoms with Gasteiger partial charge in [-0.05, 0) is 116 Å². The summed E-state index contributed by atoms with van der Waals surface area (Å²) in [6, 6.07) is -0.795. The third kappa shape index (κ3) is 8.56. The van der Waals surface area contributed by atoms with E-state index in [4.69, 9.17) is 21.4 Å². The molecule has 4 aliphatic carbocycles. The molecule has 58 heavy (non-hydrogen) atoms. The first kappa shape index (κ1) is 44.0. The molecular formula is C41H61N7O9S. The molecule has 14 unspecified atom stereocenters. The second-order valence-corrected chi connectivity index (χ2v) is 19.0. The number of rotatable bonds is 15. The first-order valence-corrected chi connectivity index (χ1v) is 21.9. The molecule has 6 rings (SSSR count). The van der Waals surface area contributed by atoms with Crippen LogP contribution in [0.1, 0.15) is 91.9 Å². The zero-order chi connectivity index (χ0) is 41.9. The molecule has 6 N–H and O–H groups in total. The number of ether oxygens (including phenoxy) is 2. The van der Waals surface area contributed by atoms with Crippen LogP contribution < -0.4 is 16.0 Å². The van der Waals surface area contributed by atoms with Crippen LogP contribution in [0.4, 0.5) is 4.79 Å². The van der Waals surface area contributed by atoms with Crippen LogP contribution in [0.2, 0.25) is 0 Å². The molecule has 5 fully saturated rings. The van der Waals surface area contributed by atoms with Crippen LogP contribution in [0, 0.1) is 58.7 Å². The van der Waals surface area contributed by atoms with Crippen LogP contribution in [0.3, 0.4) is 0 Å². The van der Waals surface area contributed by atoms with Crippen LogP contribution in [0.25, 0.3) is 10.4 Å². The summed E-state index contributed by atoms with van der Waals surface area (Å²) < 4.78 is 10.3. The Bertz CT molecular complexity index is 1700. The van der Waals surface area contributed by atoms with Crippen molar-refractivity contribution in [2.45, 2.75) is 128 Å². The minimum Gasteiger partial charge on any atom is -0.447 e. The van der Waals surface area contributed by atoms with Gasteiger partial charge in [0.05, 0.1) is 31.5 Å². The SMILES string of the molecule is C#CCC(NC(=O)OCCOCCN=[N+]=[N-])NC(=O)C1=C(C)CSC2C(NC(=O)CCC(C)C3CCC4C5C(O)CC6CC(O)CCC6(C)C5CC(O)C34C)C(=O)N12. The Morgan fingerprint density at radius 3 is 2.62 bits per heavy atom. The molecule has 0 aromatic heterocycles. The number of amides is 4. The van der Waals surface area contributed by atoms with E-state index in [0.717, 1.165) is 32.1 Å². The summed E-state index contributed by atoms with van der Waals surface area (Å²) in [6.45, 7) is 8.75. The molecule has 0 bridgehead atoms. The minimum atomic E-state index is -0.984. The van der Waals surface area contributed by atoms with Gasteiger partial charge >= 0.3 is 6.09 Å². The number of aliphatic hydroxyl groups is 3. The van der Waals surface area contributed by atoms with Gasteiger partial charge in [-0.1, -0.05) is 25.9 Å². The van der Waals surface area contributed by atoms with Gasteiger partial charge in [-0.2, -0.15) is 0 Å². The standard InChI is InChI=1S/C41H61N7O9S/c1-6-7-31(45-39(55)57-17-16-56-15-14-43-47-42)44-36(53)35-23(3)21-58-38-34(37(54)48(35)38)46-32(52)11-8-22(2)26-9-10-27-33-28(20-30(51)41(26,27)5)40(4)13-12-25(49)18-24(40)19-29(33)50/h1,22,24-31,33-34,38,49-51H,7-21H2,2-5H3,(H,44,53)(H,45,55)(H,46,52). The summed E-state index contributed by atoms with van der Waals surface area (Å²) in [5.74, 6) is 2.72. The number of aliphatic hydroxyl groups excluding tert-OH is 3. The lowest BCUT2D eigenvalue weighted by atomic mass is 9.43. The summed E-state index contributed by atoms with van der Waals surface area (Å²) in [7, 11) is 0. The number of fused-ring (bicyclic) bond motifs is 6. The first-order chi connectivity index (χ1) is 27.6. The van der Waals surface area contributed by atoms with E-state index in [1.54, 1.807) is 6.92 Å². The summed E-state index contributed by atoms with van der Waals surface area (Å²) in [5, 5.41) is 45.0. The summed E-state index contributed by atoms with van der Waals surface area (Å²) >= 11 is 1.46. The molecule has 4 saturated carbocycles. The van der Waals surface area contributed by atoms with E-state index in [9.17, 15) is 34.5 Å². The number of carbonyl (C=O) groups excluding carboxylic acids is 4. The maximum Gasteiger partial charge on any atom is 0.408 e. The molecular weight excluding hydrogens is 767 g/mol. The smallest absolute Gasteiger partial charge is 0.408 e. The molecule has 1 saturated heterocycles. The molecule has 16 nitrogen and oxygen atoms in total. The fourth-order valence-electron chi connectivity index (χ4n) is 11.8. The third-order valence-electron chi connectivity index (χ3n) is 14.8. The normalized spacial score (nSPS) is 37.3. The molecule has 320 valence electrons. The zero-order valence-corrected chi connectivity index (χ0v) is 34.9. The van der Waals surface area contributed by atoms with Crippen molar-refractivity contribution in [1.29, 1.82) is 0 Å². The molecule has 0 spiro atoms. The number of terminal acetylenes is 1. The maximum atomic E-state index is 13.5. The Balaban J connectivity index is 0.995. The van der Waals surface area contributed by atoms with E-state index in [0.29, 0.717) is 30.6 Å². The largest absolute Gasteiger partial charge is 0.447 e. The Labute approximate surface area is 345 Å². The van der Waals surface area contributed by atoms with Crippen molar-refractivity contribution in [3.8, 4) is 12.3 Å². The maximum absolute atomic E-state index is 13.5. The van der Waals surface area contributed by atoms with Gasteiger partial charge in [-0.25, -0.2) is 4.79 Å². The van der Waals surface area contributed by atoms with Crippen molar-refractivity contribution in [3.05, 3.63) is 21.7 Å². The van der Waals surface area contributed by atoms with Gasteiger partial charge in [-0.3, -0.25) is 19.3 Å². The number of thioether (sulfide) groups is 1. The molecule has 0 aromatic carbocycles. The Kier molecular flexibility index (Phi) is 14.0. The van der Waals surface area contributed by atoms with E-state index in [1.807, 2.05) is 0 Å². The predicted molar refractivity (Wildman–Crippen MR) is 215 cm³/mol. The van der Waals surface area contributed by atoms with Gasteiger partial charge in [0, 0.05) is 30.1 Å². The van der Waals surface area contributed by atoms with Crippen molar-refractivity contribution in [2.75, 3.05) is 32.1 Å². The highest BCUT2D eigenvalue weighted by molar-refractivity contribution is 8.00. The zero-order valence-electron chi connectivity index (χ0n) is 34.1. The number of carbonyl (C=O) groups is 4. The molecule has 17 heteroatoms. The van der Waals surface area contributed by atoms with Crippen molar-refractivity contribution < 1.29 is 44.0 Å². The van der Waals surface area contributed by atoms with Crippen LogP contribution >= 0.6 is 11.8 Å². The number of nitrogens with one attached hydrogen (secondary N) is 3. The summed E-state index contributed by atoms with van der Waals surface area (Å²) in [5.41, 5.74) is 8.75. The molecule has 14 atom stereocenters. The molecule has 2 heterocycles. The number of alkyl carbamates (subject to hydrolysis) is 1. The van der Waals surface area contributed by atoms with Crippen LogP contribution in [0.15, 0.2) is 16.4 Å². The van der Waals surface area contributed by atoms with Gasteiger partial charge in [0.25, 0.3) is 11.8 Å². The Hall–Kier alpha value is -3.52. The number of hydrogen-bond donors (Lipinski definition) is 6. The first-order valence-electron chi connectivity index (χ1n) is 20.9. The fraction of sp³-hybridized carbons (Fsp3) is 0.805. The monoisotopic (exact) mass is 827 g/mol.